The molecule has 0 unspecified atom stereocenters. The Morgan fingerprint density at radius 2 is 1.67 bits per heavy atom. The summed E-state index contributed by atoms with van der Waals surface area (Å²) in [5.74, 6) is 0. The number of ether oxygens (including phenoxy) is 1. The Bertz CT molecular complexity index is 367. The highest BCUT2D eigenvalue weighted by molar-refractivity contribution is 5.76. The van der Waals surface area contributed by atoms with Crippen LogP contribution in [0.25, 0.3) is 0 Å². The zero-order valence-corrected chi connectivity index (χ0v) is 11.6. The van der Waals surface area contributed by atoms with Gasteiger partial charge in [-0.2, -0.15) is 0 Å². The molecule has 0 saturated heterocycles. The van der Waals surface area contributed by atoms with Crippen molar-refractivity contribution in [1.82, 2.24) is 0 Å². The summed E-state index contributed by atoms with van der Waals surface area (Å²) in [6, 6.07) is 8.73. The lowest BCUT2D eigenvalue weighted by Crippen LogP contribution is -2.32. The van der Waals surface area contributed by atoms with Gasteiger partial charge in [0.25, 0.3) is 0 Å². The van der Waals surface area contributed by atoms with Crippen LogP contribution in [0.4, 0.5) is 11.4 Å². The lowest BCUT2D eigenvalue weighted by atomic mass is 10.2. The van der Waals surface area contributed by atoms with E-state index in [4.69, 9.17) is 4.74 Å². The first-order valence-electron chi connectivity index (χ1n) is 6.94. The Morgan fingerprint density at radius 1 is 1.06 bits per heavy atom. The van der Waals surface area contributed by atoms with E-state index in [1.807, 2.05) is 0 Å². The number of anilines is 2. The van der Waals surface area contributed by atoms with Gasteiger partial charge in [0.05, 0.1) is 18.0 Å². The second-order valence-corrected chi connectivity index (χ2v) is 4.86. The van der Waals surface area contributed by atoms with Crippen LogP contribution in [-0.4, -0.2) is 33.5 Å². The Hall–Kier alpha value is -1.22. The Kier molecular flexibility index (Phi) is 4.88. The maximum absolute atomic E-state index is 5.14. The van der Waals surface area contributed by atoms with Crippen molar-refractivity contribution in [2.24, 2.45) is 0 Å². The van der Waals surface area contributed by atoms with Gasteiger partial charge in [0, 0.05) is 26.8 Å². The molecule has 0 amide bonds. The third-order valence-electron chi connectivity index (χ3n) is 3.46. The van der Waals surface area contributed by atoms with Gasteiger partial charge >= 0.3 is 0 Å². The molecular weight excluding hydrogens is 224 g/mol. The van der Waals surface area contributed by atoms with Crippen LogP contribution in [0.2, 0.25) is 0 Å². The predicted octanol–water partition coefficient (Wildman–Crippen LogP) is 3.11. The fraction of sp³-hybridized carbons (Fsp3) is 0.600. The summed E-state index contributed by atoms with van der Waals surface area (Å²) in [5, 5.41) is 0. The van der Waals surface area contributed by atoms with E-state index in [0.29, 0.717) is 0 Å². The van der Waals surface area contributed by atoms with Crippen LogP contribution in [-0.2, 0) is 4.74 Å². The molecule has 0 aromatic heterocycles. The van der Waals surface area contributed by atoms with Crippen LogP contribution in [0.1, 0.15) is 26.2 Å². The number of hydrogen-bond acceptors (Lipinski definition) is 3. The second-order valence-electron chi connectivity index (χ2n) is 4.86. The van der Waals surface area contributed by atoms with Crippen molar-refractivity contribution in [3.63, 3.8) is 0 Å². The topological polar surface area (TPSA) is 15.7 Å². The summed E-state index contributed by atoms with van der Waals surface area (Å²) in [6.07, 6.45) is 3.61. The van der Waals surface area contributed by atoms with Crippen LogP contribution in [0.5, 0.6) is 0 Å². The minimum Gasteiger partial charge on any atom is -0.385 e. The molecule has 1 aromatic carbocycles. The lowest BCUT2D eigenvalue weighted by Gasteiger charge is -2.21. The first-order chi connectivity index (χ1) is 8.86. The number of para-hydroxylation sites is 2. The molecule has 1 heterocycles. The van der Waals surface area contributed by atoms with Gasteiger partial charge in [-0.05, 0) is 25.0 Å². The Morgan fingerprint density at radius 3 is 2.22 bits per heavy atom. The molecule has 0 atom stereocenters. The molecule has 1 aromatic rings. The summed E-state index contributed by atoms with van der Waals surface area (Å²) in [6.45, 7) is 6.36. The molecule has 0 N–H and O–H groups in total. The van der Waals surface area contributed by atoms with E-state index in [2.05, 4.69) is 41.0 Å². The van der Waals surface area contributed by atoms with Gasteiger partial charge < -0.3 is 14.5 Å². The van der Waals surface area contributed by atoms with Gasteiger partial charge in [0.2, 0.25) is 0 Å². The number of methoxy groups -OCH3 is 1. The molecule has 0 fully saturated rings. The Labute approximate surface area is 110 Å². The number of nitrogens with zero attached hydrogens (tertiary/aromatic N) is 2. The third kappa shape index (κ3) is 2.96. The predicted molar refractivity (Wildman–Crippen MR) is 77.4 cm³/mol. The van der Waals surface area contributed by atoms with Crippen LogP contribution in [0.15, 0.2) is 24.3 Å². The van der Waals surface area contributed by atoms with E-state index >= 15 is 0 Å². The van der Waals surface area contributed by atoms with Crippen molar-refractivity contribution in [1.29, 1.82) is 0 Å². The fourth-order valence-corrected chi connectivity index (χ4v) is 2.49. The number of hydrogen-bond donors (Lipinski definition) is 0. The van der Waals surface area contributed by atoms with E-state index in [1.165, 1.54) is 24.2 Å². The molecule has 0 aliphatic carbocycles. The van der Waals surface area contributed by atoms with E-state index in [-0.39, 0.29) is 0 Å². The highest BCUT2D eigenvalue weighted by Gasteiger charge is 2.23. The average Bonchev–Trinajstić information content (AvgIpc) is 2.76. The summed E-state index contributed by atoms with van der Waals surface area (Å²) >= 11 is 0. The van der Waals surface area contributed by atoms with Crippen molar-refractivity contribution >= 4 is 11.4 Å². The third-order valence-corrected chi connectivity index (χ3v) is 3.46. The second kappa shape index (κ2) is 6.64. The summed E-state index contributed by atoms with van der Waals surface area (Å²) in [7, 11) is 1.77. The standard InChI is InChI=1S/C15H24N2O/c1-3-4-10-16-13-17(11-7-12-18-2)15-9-6-5-8-14(15)16/h5-6,8-9H,3-4,7,10-13H2,1-2H3. The summed E-state index contributed by atoms with van der Waals surface area (Å²) < 4.78 is 5.14. The van der Waals surface area contributed by atoms with Crippen LogP contribution in [0.3, 0.4) is 0 Å². The number of fused-ring (bicyclic) bond motifs is 1. The molecule has 1 aliphatic rings. The highest BCUT2D eigenvalue weighted by Crippen LogP contribution is 2.35. The van der Waals surface area contributed by atoms with Crippen LogP contribution in [0, 0.1) is 0 Å². The molecule has 0 saturated carbocycles. The zero-order chi connectivity index (χ0) is 12.8. The minimum absolute atomic E-state index is 0.841. The van der Waals surface area contributed by atoms with Crippen molar-refractivity contribution in [2.75, 3.05) is 43.3 Å². The monoisotopic (exact) mass is 248 g/mol. The van der Waals surface area contributed by atoms with Crippen LogP contribution >= 0.6 is 0 Å². The quantitative estimate of drug-likeness (QED) is 0.690. The summed E-state index contributed by atoms with van der Waals surface area (Å²) in [4.78, 5) is 4.95. The van der Waals surface area contributed by atoms with Gasteiger partial charge in [-0.3, -0.25) is 0 Å². The molecule has 1 aliphatic heterocycles. The molecule has 2 rings (SSSR count). The molecule has 3 heteroatoms. The number of rotatable bonds is 7. The van der Waals surface area contributed by atoms with Gasteiger partial charge in [0.15, 0.2) is 0 Å². The van der Waals surface area contributed by atoms with Crippen molar-refractivity contribution < 1.29 is 4.74 Å². The van der Waals surface area contributed by atoms with Gasteiger partial charge in [-0.1, -0.05) is 25.5 Å². The first kappa shape index (κ1) is 13.2. The maximum atomic E-state index is 5.14. The van der Waals surface area contributed by atoms with Gasteiger partial charge in [0.1, 0.15) is 0 Å². The van der Waals surface area contributed by atoms with Gasteiger partial charge in [-0.15, -0.1) is 0 Å². The first-order valence-corrected chi connectivity index (χ1v) is 6.94. The normalized spacial score (nSPS) is 14.1. The molecular formula is C15H24N2O. The van der Waals surface area contributed by atoms with E-state index in [1.54, 1.807) is 7.11 Å². The molecule has 0 radical (unpaired) electrons. The van der Waals surface area contributed by atoms with E-state index < -0.39 is 0 Å². The van der Waals surface area contributed by atoms with Crippen LogP contribution < -0.4 is 9.80 Å². The molecule has 3 nitrogen and oxygen atoms in total. The maximum Gasteiger partial charge on any atom is 0.0904 e. The number of unbranched alkanes of at least 4 members (excludes halogenated alkanes) is 1. The van der Waals surface area contributed by atoms with Crippen molar-refractivity contribution in [3.05, 3.63) is 24.3 Å². The molecule has 0 bridgehead atoms. The van der Waals surface area contributed by atoms with Gasteiger partial charge in [-0.25, -0.2) is 0 Å². The zero-order valence-electron chi connectivity index (χ0n) is 11.6. The number of benzene rings is 1. The fourth-order valence-electron chi connectivity index (χ4n) is 2.49. The highest BCUT2D eigenvalue weighted by atomic mass is 16.5. The van der Waals surface area contributed by atoms with E-state index in [9.17, 15) is 0 Å². The molecule has 0 spiro atoms. The van der Waals surface area contributed by atoms with Crippen molar-refractivity contribution in [2.45, 2.75) is 26.2 Å². The SMILES string of the molecule is CCCCN1CN(CCCOC)c2ccccc21. The molecule has 18 heavy (non-hydrogen) atoms. The molecule has 100 valence electrons. The lowest BCUT2D eigenvalue weighted by molar-refractivity contribution is 0.196. The summed E-state index contributed by atoms with van der Waals surface area (Å²) in [5.41, 5.74) is 2.77. The van der Waals surface area contributed by atoms with E-state index in [0.717, 1.165) is 32.8 Å². The minimum atomic E-state index is 0.841. The average molecular weight is 248 g/mol. The smallest absolute Gasteiger partial charge is 0.0904 e. The Balaban J connectivity index is 2.02. The van der Waals surface area contributed by atoms with Crippen molar-refractivity contribution in [3.8, 4) is 0 Å². The largest absolute Gasteiger partial charge is 0.385 e.